The molecule has 3 atom stereocenters. The molecule has 12 heteroatoms. The average molecular weight is 515 g/mol. The second kappa shape index (κ2) is 11.3. The standard InChI is InChI=1S/C24H30N6O5S/c1-16-8-9-19(35-16)23-26-28-30(27-23)15-21(31)29(14-18-6-3-11-34-18)22(20-7-4-12-36-20)24(32)25-13-17-5-2-10-33-17/h4,7-9,12,17-18,22H,2-3,5-6,10-11,13-15H2,1H3,(H,25,32)/t17-,18-,22+/m0/s1. The number of aryl methyl sites for hydroxylation is 1. The number of aromatic nitrogens is 4. The second-order valence-corrected chi connectivity index (χ2v) is 10.0. The van der Waals surface area contributed by atoms with Crippen LogP contribution in [0.4, 0.5) is 0 Å². The number of carbonyl (C=O) groups excluding carboxylic acids is 2. The highest BCUT2D eigenvalue weighted by Gasteiger charge is 2.35. The van der Waals surface area contributed by atoms with Gasteiger partial charge in [-0.15, -0.1) is 21.5 Å². The van der Waals surface area contributed by atoms with Crippen molar-refractivity contribution >= 4 is 23.2 Å². The molecule has 2 amide bonds. The maximum atomic E-state index is 13.7. The van der Waals surface area contributed by atoms with Gasteiger partial charge in [-0.3, -0.25) is 9.59 Å². The van der Waals surface area contributed by atoms with Gasteiger partial charge in [-0.25, -0.2) is 0 Å². The molecule has 1 N–H and O–H groups in total. The predicted octanol–water partition coefficient (Wildman–Crippen LogP) is 2.35. The van der Waals surface area contributed by atoms with Gasteiger partial charge in [-0.2, -0.15) is 4.80 Å². The molecule has 5 rings (SSSR count). The van der Waals surface area contributed by atoms with Crippen LogP contribution in [0.2, 0.25) is 0 Å². The lowest BCUT2D eigenvalue weighted by atomic mass is 10.1. The quantitative estimate of drug-likeness (QED) is 0.437. The number of ether oxygens (including phenoxy) is 2. The third kappa shape index (κ3) is 5.82. The summed E-state index contributed by atoms with van der Waals surface area (Å²) in [5.41, 5.74) is 0. The maximum absolute atomic E-state index is 13.7. The third-order valence-corrected chi connectivity index (χ3v) is 7.26. The molecule has 5 heterocycles. The van der Waals surface area contributed by atoms with Crippen LogP contribution in [0.5, 0.6) is 0 Å². The first-order valence-electron chi connectivity index (χ1n) is 12.3. The van der Waals surface area contributed by atoms with Gasteiger partial charge in [0, 0.05) is 31.2 Å². The molecule has 3 aromatic rings. The van der Waals surface area contributed by atoms with Gasteiger partial charge in [0.2, 0.25) is 17.6 Å². The highest BCUT2D eigenvalue weighted by atomic mass is 32.1. The molecule has 36 heavy (non-hydrogen) atoms. The number of amides is 2. The molecule has 2 aliphatic heterocycles. The zero-order chi connectivity index (χ0) is 24.9. The van der Waals surface area contributed by atoms with Crippen LogP contribution < -0.4 is 5.32 Å². The predicted molar refractivity (Wildman–Crippen MR) is 130 cm³/mol. The number of rotatable bonds is 10. The third-order valence-electron chi connectivity index (χ3n) is 6.34. The number of nitrogens with one attached hydrogen (secondary N) is 1. The summed E-state index contributed by atoms with van der Waals surface area (Å²) in [4.78, 5) is 30.8. The van der Waals surface area contributed by atoms with Crippen molar-refractivity contribution in [2.45, 2.75) is 57.4 Å². The van der Waals surface area contributed by atoms with Crippen molar-refractivity contribution in [2.75, 3.05) is 26.3 Å². The summed E-state index contributed by atoms with van der Waals surface area (Å²) < 4.78 is 17.1. The Balaban J connectivity index is 1.36. The zero-order valence-electron chi connectivity index (χ0n) is 20.2. The number of hydrogen-bond donors (Lipinski definition) is 1. The number of hydrogen-bond acceptors (Lipinski definition) is 9. The summed E-state index contributed by atoms with van der Waals surface area (Å²) in [5.74, 6) is 0.972. The minimum atomic E-state index is -0.793. The van der Waals surface area contributed by atoms with Crippen molar-refractivity contribution in [1.82, 2.24) is 30.4 Å². The second-order valence-electron chi connectivity index (χ2n) is 9.03. The minimum Gasteiger partial charge on any atom is -0.458 e. The van der Waals surface area contributed by atoms with E-state index in [0.29, 0.717) is 37.9 Å². The summed E-state index contributed by atoms with van der Waals surface area (Å²) in [6.45, 7) is 3.74. The van der Waals surface area contributed by atoms with Crippen molar-refractivity contribution in [1.29, 1.82) is 0 Å². The summed E-state index contributed by atoms with van der Waals surface area (Å²) in [5, 5.41) is 17.3. The van der Waals surface area contributed by atoms with E-state index in [0.717, 1.165) is 36.3 Å². The Hall–Kier alpha value is -3.09. The molecule has 192 valence electrons. The van der Waals surface area contributed by atoms with Crippen molar-refractivity contribution in [3.05, 3.63) is 40.3 Å². The van der Waals surface area contributed by atoms with Gasteiger partial charge >= 0.3 is 0 Å². The van der Waals surface area contributed by atoms with Crippen LogP contribution in [0.3, 0.4) is 0 Å². The van der Waals surface area contributed by atoms with Crippen molar-refractivity contribution in [3.8, 4) is 11.6 Å². The molecule has 11 nitrogen and oxygen atoms in total. The summed E-state index contributed by atoms with van der Waals surface area (Å²) in [6.07, 6.45) is 3.54. The fraction of sp³-hybridized carbons (Fsp3) is 0.542. The molecule has 2 saturated heterocycles. The van der Waals surface area contributed by atoms with Gasteiger partial charge in [-0.05, 0) is 61.4 Å². The van der Waals surface area contributed by atoms with Gasteiger partial charge in [0.15, 0.2) is 5.76 Å². The van der Waals surface area contributed by atoms with Crippen LogP contribution >= 0.6 is 11.3 Å². The Morgan fingerprint density at radius 2 is 2.00 bits per heavy atom. The van der Waals surface area contributed by atoms with Crippen LogP contribution in [-0.4, -0.2) is 75.4 Å². The number of nitrogens with zero attached hydrogens (tertiary/aromatic N) is 5. The van der Waals surface area contributed by atoms with E-state index in [1.807, 2.05) is 30.5 Å². The molecule has 3 aromatic heterocycles. The van der Waals surface area contributed by atoms with Gasteiger partial charge < -0.3 is 24.1 Å². The Labute approximate surface area is 212 Å². The van der Waals surface area contributed by atoms with E-state index < -0.39 is 6.04 Å². The van der Waals surface area contributed by atoms with E-state index in [2.05, 4.69) is 20.7 Å². The lowest BCUT2D eigenvalue weighted by Gasteiger charge is -2.32. The molecule has 2 aliphatic rings. The van der Waals surface area contributed by atoms with E-state index in [1.165, 1.54) is 16.1 Å². The topological polar surface area (TPSA) is 125 Å². The van der Waals surface area contributed by atoms with Crippen molar-refractivity contribution in [2.24, 2.45) is 0 Å². The maximum Gasteiger partial charge on any atom is 0.248 e. The average Bonchev–Trinajstić information content (AvgIpc) is 3.68. The summed E-state index contributed by atoms with van der Waals surface area (Å²) in [6, 6.07) is 6.53. The van der Waals surface area contributed by atoms with E-state index in [1.54, 1.807) is 11.0 Å². The first kappa shape index (κ1) is 24.6. The van der Waals surface area contributed by atoms with Crippen LogP contribution in [0.25, 0.3) is 11.6 Å². The molecule has 0 unspecified atom stereocenters. The van der Waals surface area contributed by atoms with Gasteiger partial charge in [0.1, 0.15) is 18.3 Å². The van der Waals surface area contributed by atoms with Crippen molar-refractivity contribution < 1.29 is 23.5 Å². The molecule has 0 spiro atoms. The zero-order valence-corrected chi connectivity index (χ0v) is 21.0. The van der Waals surface area contributed by atoms with E-state index in [-0.39, 0.29) is 30.6 Å². The van der Waals surface area contributed by atoms with E-state index in [4.69, 9.17) is 13.9 Å². The molecule has 0 aliphatic carbocycles. The molecule has 2 fully saturated rings. The van der Waals surface area contributed by atoms with Crippen molar-refractivity contribution in [3.63, 3.8) is 0 Å². The number of furan rings is 1. The fourth-order valence-corrected chi connectivity index (χ4v) is 5.36. The largest absolute Gasteiger partial charge is 0.458 e. The molecule has 0 aromatic carbocycles. The highest BCUT2D eigenvalue weighted by Crippen LogP contribution is 2.28. The Morgan fingerprint density at radius 3 is 2.67 bits per heavy atom. The highest BCUT2D eigenvalue weighted by molar-refractivity contribution is 7.10. The fourth-order valence-electron chi connectivity index (χ4n) is 4.52. The normalized spacial score (nSPS) is 20.5. The Morgan fingerprint density at radius 1 is 1.19 bits per heavy atom. The van der Waals surface area contributed by atoms with Gasteiger partial charge in [0.05, 0.1) is 12.2 Å². The number of carbonyl (C=O) groups is 2. The smallest absolute Gasteiger partial charge is 0.248 e. The molecular weight excluding hydrogens is 484 g/mol. The van der Waals surface area contributed by atoms with E-state index in [9.17, 15) is 9.59 Å². The molecule has 0 bridgehead atoms. The van der Waals surface area contributed by atoms with E-state index >= 15 is 0 Å². The minimum absolute atomic E-state index is 0.00302. The van der Waals surface area contributed by atoms with Crippen LogP contribution in [0.1, 0.15) is 42.4 Å². The lowest BCUT2D eigenvalue weighted by Crippen LogP contribution is -2.48. The van der Waals surface area contributed by atoms with Crippen LogP contribution in [0, 0.1) is 6.92 Å². The Kier molecular flexibility index (Phi) is 7.73. The molecule has 0 saturated carbocycles. The SMILES string of the molecule is Cc1ccc(-c2nnn(CC(=O)N(C[C@@H]3CCCO3)[C@@H](C(=O)NC[C@@H]3CCCO3)c3cccs3)n2)o1. The number of thiophene rings is 1. The summed E-state index contributed by atoms with van der Waals surface area (Å²) >= 11 is 1.44. The van der Waals surface area contributed by atoms with Crippen LogP contribution in [0.15, 0.2) is 34.1 Å². The van der Waals surface area contributed by atoms with Gasteiger partial charge in [0.25, 0.3) is 0 Å². The first-order chi connectivity index (χ1) is 17.6. The summed E-state index contributed by atoms with van der Waals surface area (Å²) in [7, 11) is 0. The number of tetrazole rings is 1. The lowest BCUT2D eigenvalue weighted by molar-refractivity contribution is -0.143. The first-order valence-corrected chi connectivity index (χ1v) is 13.1. The van der Waals surface area contributed by atoms with Crippen LogP contribution in [-0.2, 0) is 25.6 Å². The Bertz CT molecular complexity index is 1150. The van der Waals surface area contributed by atoms with Gasteiger partial charge in [-0.1, -0.05) is 6.07 Å². The molecular formula is C24H30N6O5S. The monoisotopic (exact) mass is 514 g/mol. The molecule has 0 radical (unpaired) electrons.